The smallest absolute Gasteiger partial charge is 0.218 e. The maximum atomic E-state index is 12.6. The maximum absolute atomic E-state index is 12.6. The van der Waals surface area contributed by atoms with E-state index in [-0.39, 0.29) is 22.9 Å². The molecule has 0 amide bonds. The first-order valence-electron chi connectivity index (χ1n) is 6.79. The van der Waals surface area contributed by atoms with Crippen LogP contribution in [0.1, 0.15) is 25.0 Å². The van der Waals surface area contributed by atoms with E-state index in [2.05, 4.69) is 0 Å². The number of thiocarbonyl (C=S) groups is 1. The predicted molar refractivity (Wildman–Crippen MR) is 86.5 cm³/mol. The van der Waals surface area contributed by atoms with Gasteiger partial charge in [0.05, 0.1) is 18.5 Å². The van der Waals surface area contributed by atoms with Crippen LogP contribution in [0.25, 0.3) is 0 Å². The molecule has 0 aliphatic carbocycles. The largest absolute Gasteiger partial charge is 0.389 e. The first kappa shape index (κ1) is 16.4. The van der Waals surface area contributed by atoms with Crippen LogP contribution in [0.5, 0.6) is 0 Å². The van der Waals surface area contributed by atoms with E-state index in [1.807, 2.05) is 13.8 Å². The van der Waals surface area contributed by atoms with Gasteiger partial charge in [0.15, 0.2) is 0 Å². The van der Waals surface area contributed by atoms with Gasteiger partial charge in [0.2, 0.25) is 10.0 Å². The van der Waals surface area contributed by atoms with Crippen molar-refractivity contribution in [2.24, 2.45) is 5.73 Å². The average Bonchev–Trinajstić information content (AvgIpc) is 2.41. The van der Waals surface area contributed by atoms with E-state index < -0.39 is 10.0 Å². The van der Waals surface area contributed by atoms with Crippen LogP contribution >= 0.6 is 12.2 Å². The van der Waals surface area contributed by atoms with Crippen LogP contribution in [0.2, 0.25) is 0 Å². The summed E-state index contributed by atoms with van der Waals surface area (Å²) in [5, 5.41) is 0. The van der Waals surface area contributed by atoms with Crippen LogP contribution in [0.3, 0.4) is 0 Å². The van der Waals surface area contributed by atoms with Crippen molar-refractivity contribution >= 4 is 27.2 Å². The molecular weight excluding hydrogens is 308 g/mol. The third-order valence-electron chi connectivity index (χ3n) is 3.47. The first-order valence-corrected chi connectivity index (χ1v) is 8.81. The minimum Gasteiger partial charge on any atom is -0.389 e. The Bertz CT molecular complexity index is 631. The number of morpholine rings is 1. The minimum atomic E-state index is -3.39. The highest BCUT2D eigenvalue weighted by atomic mass is 32.2. The van der Waals surface area contributed by atoms with Gasteiger partial charge in [-0.05, 0) is 25.5 Å². The van der Waals surface area contributed by atoms with Crippen molar-refractivity contribution in [3.8, 4) is 0 Å². The van der Waals surface area contributed by atoms with Crippen LogP contribution in [0, 0.1) is 0 Å². The van der Waals surface area contributed by atoms with Crippen molar-refractivity contribution in [1.29, 1.82) is 0 Å². The monoisotopic (exact) mass is 328 g/mol. The van der Waals surface area contributed by atoms with E-state index in [0.29, 0.717) is 24.3 Å². The molecule has 116 valence electrons. The number of sulfonamides is 1. The Hall–Kier alpha value is -1.02. The zero-order valence-corrected chi connectivity index (χ0v) is 13.8. The van der Waals surface area contributed by atoms with E-state index in [1.54, 1.807) is 24.3 Å². The fraction of sp³-hybridized carbons (Fsp3) is 0.500. The zero-order chi connectivity index (χ0) is 15.6. The highest BCUT2D eigenvalue weighted by molar-refractivity contribution is 7.88. The number of nitrogens with two attached hydrogens (primary N) is 1. The van der Waals surface area contributed by atoms with Gasteiger partial charge in [0.1, 0.15) is 4.99 Å². The second-order valence-corrected chi connectivity index (χ2v) is 7.74. The zero-order valence-electron chi connectivity index (χ0n) is 12.2. The van der Waals surface area contributed by atoms with Crippen molar-refractivity contribution in [2.45, 2.75) is 31.7 Å². The predicted octanol–water partition coefficient (Wildman–Crippen LogP) is 1.26. The minimum absolute atomic E-state index is 0.0550. The first-order chi connectivity index (χ1) is 9.79. The number of nitrogens with zero attached hydrogens (tertiary/aromatic N) is 1. The summed E-state index contributed by atoms with van der Waals surface area (Å²) in [5.74, 6) is -0.0550. The Labute approximate surface area is 131 Å². The van der Waals surface area contributed by atoms with Gasteiger partial charge in [-0.3, -0.25) is 0 Å². The van der Waals surface area contributed by atoms with E-state index in [4.69, 9.17) is 22.7 Å². The molecule has 2 atom stereocenters. The number of hydrogen-bond donors (Lipinski definition) is 1. The standard InChI is InChI=1S/C14H20N2O3S2/c1-10-8-19-11(2)7-16(10)21(17,18)9-12-4-3-5-13(6-12)14(15)20/h3-6,10-11H,7-9H2,1-2H3,(H2,15,20). The van der Waals surface area contributed by atoms with Gasteiger partial charge in [0, 0.05) is 18.2 Å². The van der Waals surface area contributed by atoms with Crippen LogP contribution in [0.15, 0.2) is 24.3 Å². The molecule has 0 saturated carbocycles. The van der Waals surface area contributed by atoms with Crippen molar-refractivity contribution in [3.63, 3.8) is 0 Å². The Balaban J connectivity index is 2.20. The SMILES string of the molecule is CC1CN(S(=O)(=O)Cc2cccc(C(N)=S)c2)C(C)CO1. The summed E-state index contributed by atoms with van der Waals surface area (Å²) in [6.45, 7) is 4.54. The lowest BCUT2D eigenvalue weighted by Gasteiger charge is -2.35. The molecule has 0 spiro atoms. The van der Waals surface area contributed by atoms with E-state index in [1.165, 1.54) is 4.31 Å². The van der Waals surface area contributed by atoms with Crippen molar-refractivity contribution < 1.29 is 13.2 Å². The Morgan fingerprint density at radius 3 is 2.86 bits per heavy atom. The normalized spacial score (nSPS) is 23.9. The molecule has 1 aliphatic heterocycles. The fourth-order valence-corrected chi connectivity index (χ4v) is 4.31. The Kier molecular flexibility index (Phi) is 4.98. The van der Waals surface area contributed by atoms with Gasteiger partial charge < -0.3 is 10.5 Å². The summed E-state index contributed by atoms with van der Waals surface area (Å²) in [6, 6.07) is 6.90. The van der Waals surface area contributed by atoms with E-state index in [9.17, 15) is 8.42 Å². The molecule has 0 aromatic heterocycles. The molecule has 1 aromatic carbocycles. The second kappa shape index (κ2) is 6.39. The molecule has 1 aromatic rings. The molecule has 0 bridgehead atoms. The summed E-state index contributed by atoms with van der Waals surface area (Å²) in [5.41, 5.74) is 6.95. The van der Waals surface area contributed by atoms with Crippen LogP contribution in [-0.4, -0.2) is 43.0 Å². The third kappa shape index (κ3) is 4.00. The molecule has 2 rings (SSSR count). The summed E-state index contributed by atoms with van der Waals surface area (Å²) >= 11 is 4.92. The highest BCUT2D eigenvalue weighted by Crippen LogP contribution is 2.19. The average molecular weight is 328 g/mol. The molecule has 5 nitrogen and oxygen atoms in total. The fourth-order valence-electron chi connectivity index (χ4n) is 2.37. The third-order valence-corrected chi connectivity index (χ3v) is 5.63. The summed E-state index contributed by atoms with van der Waals surface area (Å²) < 4.78 is 32.2. The van der Waals surface area contributed by atoms with E-state index >= 15 is 0 Å². The quantitative estimate of drug-likeness (QED) is 0.843. The molecule has 1 aliphatic rings. The summed E-state index contributed by atoms with van der Waals surface area (Å²) in [4.78, 5) is 0.266. The lowest BCUT2D eigenvalue weighted by Crippen LogP contribution is -2.50. The van der Waals surface area contributed by atoms with Gasteiger partial charge in [-0.15, -0.1) is 0 Å². The van der Waals surface area contributed by atoms with Gasteiger partial charge in [-0.1, -0.05) is 30.4 Å². The molecule has 1 saturated heterocycles. The molecule has 1 heterocycles. The van der Waals surface area contributed by atoms with Crippen molar-refractivity contribution in [1.82, 2.24) is 4.31 Å². The van der Waals surface area contributed by atoms with Gasteiger partial charge >= 0.3 is 0 Å². The lowest BCUT2D eigenvalue weighted by atomic mass is 10.1. The number of ether oxygens (including phenoxy) is 1. The van der Waals surface area contributed by atoms with Crippen LogP contribution in [-0.2, 0) is 20.5 Å². The Morgan fingerprint density at radius 2 is 2.19 bits per heavy atom. The molecule has 2 unspecified atom stereocenters. The maximum Gasteiger partial charge on any atom is 0.218 e. The molecule has 7 heteroatoms. The van der Waals surface area contributed by atoms with Crippen molar-refractivity contribution in [3.05, 3.63) is 35.4 Å². The molecular formula is C14H20N2O3S2. The topological polar surface area (TPSA) is 72.6 Å². The Morgan fingerprint density at radius 1 is 1.48 bits per heavy atom. The molecule has 1 fully saturated rings. The van der Waals surface area contributed by atoms with Gasteiger partial charge in [0.25, 0.3) is 0 Å². The number of benzene rings is 1. The summed E-state index contributed by atoms with van der Waals surface area (Å²) in [6.07, 6.45) is -0.0843. The highest BCUT2D eigenvalue weighted by Gasteiger charge is 2.32. The van der Waals surface area contributed by atoms with Crippen LogP contribution < -0.4 is 5.73 Å². The molecule has 2 N–H and O–H groups in total. The van der Waals surface area contributed by atoms with E-state index in [0.717, 1.165) is 0 Å². The number of rotatable bonds is 4. The van der Waals surface area contributed by atoms with Gasteiger partial charge in [-0.2, -0.15) is 4.31 Å². The van der Waals surface area contributed by atoms with Crippen LogP contribution in [0.4, 0.5) is 0 Å². The molecule has 0 radical (unpaired) electrons. The number of hydrogen-bond acceptors (Lipinski definition) is 4. The van der Waals surface area contributed by atoms with Crippen molar-refractivity contribution in [2.75, 3.05) is 13.2 Å². The molecule has 21 heavy (non-hydrogen) atoms. The second-order valence-electron chi connectivity index (χ2n) is 5.38. The summed E-state index contributed by atoms with van der Waals surface area (Å²) in [7, 11) is -3.39. The lowest BCUT2D eigenvalue weighted by molar-refractivity contribution is -0.0171. The van der Waals surface area contributed by atoms with Gasteiger partial charge in [-0.25, -0.2) is 8.42 Å².